The maximum absolute atomic E-state index is 12.1. The Morgan fingerprint density at radius 1 is 1.38 bits per heavy atom. The molecule has 1 saturated heterocycles. The highest BCUT2D eigenvalue weighted by atomic mass is 16.5. The van der Waals surface area contributed by atoms with E-state index in [0.717, 1.165) is 38.3 Å². The van der Waals surface area contributed by atoms with Crippen LogP contribution in [0.2, 0.25) is 0 Å². The molecule has 1 aliphatic heterocycles. The molecule has 3 nitrogen and oxygen atoms in total. The highest BCUT2D eigenvalue weighted by Crippen LogP contribution is 2.43. The minimum atomic E-state index is -0.160. The zero-order valence-corrected chi connectivity index (χ0v) is 10.3. The number of piperidine rings is 1. The highest BCUT2D eigenvalue weighted by Gasteiger charge is 2.43. The van der Waals surface area contributed by atoms with Crippen molar-refractivity contribution in [3.63, 3.8) is 0 Å². The minimum Gasteiger partial charge on any atom is -0.466 e. The molecule has 2 rings (SSSR count). The second-order valence-corrected chi connectivity index (χ2v) is 5.25. The smallest absolute Gasteiger partial charge is 0.312 e. The molecule has 2 fully saturated rings. The molecule has 92 valence electrons. The standard InChI is InChI=1S/C13H23NO2/c1-2-16-12(15)13(6-8-14-9-7-13)10-11-4-3-5-11/h11,14H,2-10H2,1H3. The van der Waals surface area contributed by atoms with Crippen molar-refractivity contribution in [2.24, 2.45) is 11.3 Å². The van der Waals surface area contributed by atoms with Gasteiger partial charge in [0.05, 0.1) is 12.0 Å². The summed E-state index contributed by atoms with van der Waals surface area (Å²) in [6.07, 6.45) is 6.96. The van der Waals surface area contributed by atoms with E-state index in [1.54, 1.807) is 0 Å². The Kier molecular flexibility index (Phi) is 3.85. The first-order valence-electron chi connectivity index (χ1n) is 6.65. The number of ether oxygens (including phenoxy) is 1. The first-order valence-corrected chi connectivity index (χ1v) is 6.65. The van der Waals surface area contributed by atoms with Gasteiger partial charge in [0.25, 0.3) is 0 Å². The predicted octanol–water partition coefficient (Wildman–Crippen LogP) is 2.11. The van der Waals surface area contributed by atoms with Gasteiger partial charge in [-0.05, 0) is 45.2 Å². The maximum atomic E-state index is 12.1. The van der Waals surface area contributed by atoms with E-state index in [4.69, 9.17) is 4.74 Å². The van der Waals surface area contributed by atoms with Crippen molar-refractivity contribution in [3.8, 4) is 0 Å². The van der Waals surface area contributed by atoms with Gasteiger partial charge in [-0.1, -0.05) is 19.3 Å². The predicted molar refractivity (Wildman–Crippen MR) is 63.1 cm³/mol. The van der Waals surface area contributed by atoms with E-state index in [2.05, 4.69) is 5.32 Å². The number of nitrogens with one attached hydrogen (secondary N) is 1. The molecule has 0 spiro atoms. The van der Waals surface area contributed by atoms with E-state index in [1.165, 1.54) is 19.3 Å². The molecular formula is C13H23NO2. The Labute approximate surface area is 97.9 Å². The molecule has 0 unspecified atom stereocenters. The molecule has 16 heavy (non-hydrogen) atoms. The third-order valence-corrected chi connectivity index (χ3v) is 4.17. The number of esters is 1. The van der Waals surface area contributed by atoms with Gasteiger partial charge in [0.1, 0.15) is 0 Å². The Morgan fingerprint density at radius 2 is 2.06 bits per heavy atom. The van der Waals surface area contributed by atoms with Crippen LogP contribution in [0.15, 0.2) is 0 Å². The van der Waals surface area contributed by atoms with Gasteiger partial charge in [-0.25, -0.2) is 0 Å². The van der Waals surface area contributed by atoms with Crippen LogP contribution in [0.5, 0.6) is 0 Å². The van der Waals surface area contributed by atoms with Crippen LogP contribution in [0.1, 0.15) is 45.4 Å². The molecule has 2 aliphatic rings. The molecule has 0 radical (unpaired) electrons. The number of carbonyl (C=O) groups is 1. The number of hydrogen-bond acceptors (Lipinski definition) is 3. The summed E-state index contributed by atoms with van der Waals surface area (Å²) in [5.74, 6) is 0.839. The van der Waals surface area contributed by atoms with Crippen molar-refractivity contribution in [3.05, 3.63) is 0 Å². The summed E-state index contributed by atoms with van der Waals surface area (Å²) in [5, 5.41) is 3.34. The van der Waals surface area contributed by atoms with Gasteiger partial charge < -0.3 is 10.1 Å². The quantitative estimate of drug-likeness (QED) is 0.745. The second kappa shape index (κ2) is 5.17. The SMILES string of the molecule is CCOC(=O)C1(CC2CCC2)CCNCC1. The van der Waals surface area contributed by atoms with Gasteiger partial charge in [-0.15, -0.1) is 0 Å². The Bertz CT molecular complexity index is 242. The normalized spacial score (nSPS) is 24.8. The van der Waals surface area contributed by atoms with Gasteiger partial charge in [-0.3, -0.25) is 4.79 Å². The molecule has 0 aromatic heterocycles. The van der Waals surface area contributed by atoms with Crippen LogP contribution < -0.4 is 5.32 Å². The van der Waals surface area contributed by atoms with Crippen molar-refractivity contribution in [2.75, 3.05) is 19.7 Å². The largest absolute Gasteiger partial charge is 0.466 e. The maximum Gasteiger partial charge on any atom is 0.312 e. The Hall–Kier alpha value is -0.570. The van der Waals surface area contributed by atoms with Crippen LogP contribution in [-0.4, -0.2) is 25.7 Å². The summed E-state index contributed by atoms with van der Waals surface area (Å²) >= 11 is 0. The zero-order chi connectivity index (χ0) is 11.4. The Balaban J connectivity index is 2.00. The molecule has 1 aliphatic carbocycles. The van der Waals surface area contributed by atoms with E-state index in [0.29, 0.717) is 6.61 Å². The summed E-state index contributed by atoms with van der Waals surface area (Å²) < 4.78 is 5.29. The first-order chi connectivity index (χ1) is 7.77. The van der Waals surface area contributed by atoms with E-state index >= 15 is 0 Å². The molecule has 1 saturated carbocycles. The third-order valence-electron chi connectivity index (χ3n) is 4.17. The summed E-state index contributed by atoms with van der Waals surface area (Å²) in [5.41, 5.74) is -0.160. The van der Waals surface area contributed by atoms with Crippen LogP contribution in [0.3, 0.4) is 0 Å². The van der Waals surface area contributed by atoms with Gasteiger partial charge in [0, 0.05) is 0 Å². The van der Waals surface area contributed by atoms with Crippen LogP contribution in [0.4, 0.5) is 0 Å². The highest BCUT2D eigenvalue weighted by molar-refractivity contribution is 5.77. The molecule has 0 bridgehead atoms. The van der Waals surface area contributed by atoms with E-state index in [9.17, 15) is 4.79 Å². The summed E-state index contributed by atoms with van der Waals surface area (Å²) in [6, 6.07) is 0. The fraction of sp³-hybridized carbons (Fsp3) is 0.923. The van der Waals surface area contributed by atoms with Crippen molar-refractivity contribution < 1.29 is 9.53 Å². The van der Waals surface area contributed by atoms with Gasteiger partial charge in [0.15, 0.2) is 0 Å². The van der Waals surface area contributed by atoms with Crippen LogP contribution in [0.25, 0.3) is 0 Å². The van der Waals surface area contributed by atoms with E-state index < -0.39 is 0 Å². The van der Waals surface area contributed by atoms with Crippen LogP contribution in [0, 0.1) is 11.3 Å². The van der Waals surface area contributed by atoms with E-state index in [1.807, 2.05) is 6.92 Å². The fourth-order valence-corrected chi connectivity index (χ4v) is 2.93. The zero-order valence-electron chi connectivity index (χ0n) is 10.3. The molecule has 0 atom stereocenters. The lowest BCUT2D eigenvalue weighted by molar-refractivity contribution is -0.159. The molecule has 1 heterocycles. The molecular weight excluding hydrogens is 202 g/mol. The summed E-state index contributed by atoms with van der Waals surface area (Å²) in [4.78, 5) is 12.1. The van der Waals surface area contributed by atoms with Crippen LogP contribution >= 0.6 is 0 Å². The molecule has 1 N–H and O–H groups in total. The van der Waals surface area contributed by atoms with Crippen molar-refractivity contribution in [2.45, 2.75) is 45.4 Å². The molecule has 3 heteroatoms. The van der Waals surface area contributed by atoms with Gasteiger partial charge in [0.2, 0.25) is 0 Å². The topological polar surface area (TPSA) is 38.3 Å². The van der Waals surface area contributed by atoms with Crippen molar-refractivity contribution >= 4 is 5.97 Å². The average Bonchev–Trinajstić information content (AvgIpc) is 2.25. The van der Waals surface area contributed by atoms with Gasteiger partial charge >= 0.3 is 5.97 Å². The van der Waals surface area contributed by atoms with Crippen molar-refractivity contribution in [1.29, 1.82) is 0 Å². The summed E-state index contributed by atoms with van der Waals surface area (Å²) in [7, 11) is 0. The number of hydrogen-bond donors (Lipinski definition) is 1. The first kappa shape index (κ1) is 11.9. The molecule has 0 amide bonds. The Morgan fingerprint density at radius 3 is 2.56 bits per heavy atom. The second-order valence-electron chi connectivity index (χ2n) is 5.25. The third kappa shape index (κ3) is 2.40. The van der Waals surface area contributed by atoms with Crippen LogP contribution in [-0.2, 0) is 9.53 Å². The van der Waals surface area contributed by atoms with Gasteiger partial charge in [-0.2, -0.15) is 0 Å². The minimum absolute atomic E-state index is 0.0587. The number of rotatable bonds is 4. The van der Waals surface area contributed by atoms with Crippen molar-refractivity contribution in [1.82, 2.24) is 5.32 Å². The lowest BCUT2D eigenvalue weighted by Gasteiger charge is -2.40. The lowest BCUT2D eigenvalue weighted by Crippen LogP contribution is -2.45. The monoisotopic (exact) mass is 225 g/mol. The molecule has 0 aromatic rings. The summed E-state index contributed by atoms with van der Waals surface area (Å²) in [6.45, 7) is 4.34. The fourth-order valence-electron chi connectivity index (χ4n) is 2.93. The number of carbonyl (C=O) groups excluding carboxylic acids is 1. The molecule has 0 aromatic carbocycles. The van der Waals surface area contributed by atoms with E-state index in [-0.39, 0.29) is 11.4 Å². The average molecular weight is 225 g/mol. The lowest BCUT2D eigenvalue weighted by atomic mass is 9.67.